The van der Waals surface area contributed by atoms with Crippen LogP contribution in [0.3, 0.4) is 0 Å². The minimum Gasteiger partial charge on any atom is -0.455 e. The van der Waals surface area contributed by atoms with E-state index in [9.17, 15) is 9.59 Å². The van der Waals surface area contributed by atoms with Crippen molar-refractivity contribution in [3.8, 4) is 5.69 Å². The summed E-state index contributed by atoms with van der Waals surface area (Å²) >= 11 is 0. The Hall–Kier alpha value is -2.67. The Bertz CT molecular complexity index is 808. The van der Waals surface area contributed by atoms with Gasteiger partial charge in [-0.05, 0) is 37.8 Å². The van der Waals surface area contributed by atoms with Crippen molar-refractivity contribution in [3.63, 3.8) is 0 Å². The molecule has 142 valence electrons. The number of nitrogens with zero attached hydrogens (tertiary/aromatic N) is 2. The molecule has 2 aliphatic rings. The highest BCUT2D eigenvalue weighted by Gasteiger charge is 2.28. The zero-order valence-electron chi connectivity index (χ0n) is 15.1. The van der Waals surface area contributed by atoms with Crippen LogP contribution in [0.25, 0.3) is 5.69 Å². The highest BCUT2D eigenvalue weighted by molar-refractivity contribution is 5.92. The van der Waals surface area contributed by atoms with Crippen LogP contribution in [0.2, 0.25) is 0 Å². The first-order valence-electron chi connectivity index (χ1n) is 9.40. The summed E-state index contributed by atoms with van der Waals surface area (Å²) in [6.07, 6.45) is 3.54. The fourth-order valence-electron chi connectivity index (χ4n) is 3.20. The number of para-hydroxylation sites is 1. The van der Waals surface area contributed by atoms with E-state index in [1.165, 1.54) is 0 Å². The maximum atomic E-state index is 12.3. The van der Waals surface area contributed by atoms with E-state index in [1.807, 2.05) is 36.4 Å². The van der Waals surface area contributed by atoms with Crippen LogP contribution < -0.4 is 5.32 Å². The molecule has 1 aliphatic carbocycles. The first kappa shape index (κ1) is 17.7. The number of anilines is 1. The smallest absolute Gasteiger partial charge is 0.309 e. The van der Waals surface area contributed by atoms with Crippen molar-refractivity contribution in [2.75, 3.05) is 25.1 Å². The lowest BCUT2D eigenvalue weighted by molar-refractivity contribution is -0.154. The molecule has 0 atom stereocenters. The van der Waals surface area contributed by atoms with Crippen molar-refractivity contribution in [3.05, 3.63) is 42.1 Å². The average Bonchev–Trinajstić information content (AvgIpc) is 3.48. The second kappa shape index (κ2) is 7.92. The molecule has 0 bridgehead atoms. The zero-order valence-corrected chi connectivity index (χ0v) is 15.1. The molecule has 2 aromatic rings. The van der Waals surface area contributed by atoms with Crippen LogP contribution in [-0.4, -0.2) is 41.5 Å². The number of ether oxygens (including phenoxy) is 2. The van der Waals surface area contributed by atoms with Crippen LogP contribution in [0.1, 0.15) is 37.3 Å². The van der Waals surface area contributed by atoms with Crippen molar-refractivity contribution >= 4 is 17.7 Å². The SMILES string of the molecule is O=C(COC(=O)C1CCOCC1)Nc1cc(C2CC2)nn1-c1ccccc1. The number of hydrogen-bond donors (Lipinski definition) is 1. The summed E-state index contributed by atoms with van der Waals surface area (Å²) in [7, 11) is 0. The molecule has 1 aromatic heterocycles. The number of benzene rings is 1. The number of aromatic nitrogens is 2. The van der Waals surface area contributed by atoms with Gasteiger partial charge in [0, 0.05) is 25.2 Å². The molecule has 1 saturated heterocycles. The zero-order chi connectivity index (χ0) is 18.6. The van der Waals surface area contributed by atoms with E-state index in [-0.39, 0.29) is 24.4 Å². The third-order valence-electron chi connectivity index (χ3n) is 4.89. The minimum absolute atomic E-state index is 0.178. The van der Waals surface area contributed by atoms with E-state index in [2.05, 4.69) is 10.4 Å². The van der Waals surface area contributed by atoms with E-state index in [1.54, 1.807) is 4.68 Å². The summed E-state index contributed by atoms with van der Waals surface area (Å²) in [6, 6.07) is 11.6. The lowest BCUT2D eigenvalue weighted by atomic mass is 10.0. The van der Waals surface area contributed by atoms with Gasteiger partial charge in [0.1, 0.15) is 5.82 Å². The molecule has 0 unspecified atom stereocenters. The van der Waals surface area contributed by atoms with Crippen LogP contribution in [0, 0.1) is 5.92 Å². The van der Waals surface area contributed by atoms with Gasteiger partial charge in [0.15, 0.2) is 6.61 Å². The maximum Gasteiger partial charge on any atom is 0.309 e. The molecule has 1 N–H and O–H groups in total. The fraction of sp³-hybridized carbons (Fsp3) is 0.450. The van der Waals surface area contributed by atoms with Crippen molar-refractivity contribution in [1.29, 1.82) is 0 Å². The molecule has 1 aromatic carbocycles. The highest BCUT2D eigenvalue weighted by Crippen LogP contribution is 2.40. The summed E-state index contributed by atoms with van der Waals surface area (Å²) < 4.78 is 12.2. The molecule has 1 amide bonds. The molecule has 1 saturated carbocycles. The van der Waals surface area contributed by atoms with Crippen molar-refractivity contribution in [2.45, 2.75) is 31.6 Å². The van der Waals surface area contributed by atoms with Gasteiger partial charge in [-0.3, -0.25) is 9.59 Å². The Labute approximate surface area is 157 Å². The molecular formula is C20H23N3O4. The third-order valence-corrected chi connectivity index (χ3v) is 4.89. The first-order valence-corrected chi connectivity index (χ1v) is 9.40. The number of amides is 1. The molecule has 2 fully saturated rings. The van der Waals surface area contributed by atoms with Crippen LogP contribution in [-0.2, 0) is 19.1 Å². The van der Waals surface area contributed by atoms with Gasteiger partial charge in [-0.1, -0.05) is 18.2 Å². The topological polar surface area (TPSA) is 82.5 Å². The third kappa shape index (κ3) is 4.36. The number of nitrogens with one attached hydrogen (secondary N) is 1. The normalized spacial score (nSPS) is 17.5. The number of rotatable bonds is 6. The minimum atomic E-state index is -0.366. The van der Waals surface area contributed by atoms with Gasteiger partial charge in [0.05, 0.1) is 17.3 Å². The maximum absolute atomic E-state index is 12.3. The summed E-state index contributed by atoms with van der Waals surface area (Å²) in [5.74, 6) is 0.188. The monoisotopic (exact) mass is 369 g/mol. The molecule has 2 heterocycles. The van der Waals surface area contributed by atoms with E-state index in [4.69, 9.17) is 9.47 Å². The lowest BCUT2D eigenvalue weighted by Crippen LogP contribution is -2.28. The Morgan fingerprint density at radius 3 is 2.59 bits per heavy atom. The molecule has 7 heteroatoms. The summed E-state index contributed by atoms with van der Waals surface area (Å²) in [6.45, 7) is 0.827. The van der Waals surface area contributed by atoms with Crippen LogP contribution in [0.4, 0.5) is 5.82 Å². The Morgan fingerprint density at radius 2 is 1.89 bits per heavy atom. The average molecular weight is 369 g/mol. The van der Waals surface area contributed by atoms with Crippen molar-refractivity contribution in [2.24, 2.45) is 5.92 Å². The van der Waals surface area contributed by atoms with Gasteiger partial charge < -0.3 is 14.8 Å². The van der Waals surface area contributed by atoms with Gasteiger partial charge in [0.25, 0.3) is 5.91 Å². The van der Waals surface area contributed by atoms with E-state index < -0.39 is 0 Å². The van der Waals surface area contributed by atoms with Crippen molar-refractivity contribution < 1.29 is 19.1 Å². The van der Waals surface area contributed by atoms with Crippen LogP contribution >= 0.6 is 0 Å². The van der Waals surface area contributed by atoms with Gasteiger partial charge in [-0.25, -0.2) is 4.68 Å². The number of carbonyl (C=O) groups is 2. The van der Waals surface area contributed by atoms with Crippen LogP contribution in [0.5, 0.6) is 0 Å². The van der Waals surface area contributed by atoms with Gasteiger partial charge in [-0.2, -0.15) is 5.10 Å². The van der Waals surface area contributed by atoms with E-state index >= 15 is 0 Å². The number of esters is 1. The molecule has 7 nitrogen and oxygen atoms in total. The second-order valence-electron chi connectivity index (χ2n) is 7.02. The van der Waals surface area contributed by atoms with Gasteiger partial charge in [-0.15, -0.1) is 0 Å². The lowest BCUT2D eigenvalue weighted by Gasteiger charge is -2.20. The van der Waals surface area contributed by atoms with Gasteiger partial charge >= 0.3 is 5.97 Å². The molecule has 1 aliphatic heterocycles. The predicted octanol–water partition coefficient (Wildman–Crippen LogP) is 2.66. The molecule has 27 heavy (non-hydrogen) atoms. The largest absolute Gasteiger partial charge is 0.455 e. The van der Waals surface area contributed by atoms with E-state index in [0.29, 0.717) is 37.8 Å². The number of hydrogen-bond acceptors (Lipinski definition) is 5. The second-order valence-corrected chi connectivity index (χ2v) is 7.02. The Morgan fingerprint density at radius 1 is 1.15 bits per heavy atom. The molecular weight excluding hydrogens is 346 g/mol. The predicted molar refractivity (Wildman–Crippen MR) is 98.7 cm³/mol. The van der Waals surface area contributed by atoms with Crippen LogP contribution in [0.15, 0.2) is 36.4 Å². The van der Waals surface area contributed by atoms with Gasteiger partial charge in [0.2, 0.25) is 0 Å². The number of carbonyl (C=O) groups excluding carboxylic acids is 2. The summed E-state index contributed by atoms with van der Waals surface area (Å²) in [4.78, 5) is 24.4. The summed E-state index contributed by atoms with van der Waals surface area (Å²) in [5, 5.41) is 7.47. The van der Waals surface area contributed by atoms with Crippen molar-refractivity contribution in [1.82, 2.24) is 9.78 Å². The quantitative estimate of drug-likeness (QED) is 0.792. The van der Waals surface area contributed by atoms with E-state index in [0.717, 1.165) is 24.2 Å². The Kier molecular flexibility index (Phi) is 5.20. The standard InChI is InChI=1S/C20H23N3O4/c24-19(13-27-20(25)15-8-10-26-11-9-15)21-18-12-17(14-6-7-14)22-23(18)16-4-2-1-3-5-16/h1-5,12,14-15H,6-11,13H2,(H,21,24). The Balaban J connectivity index is 1.40. The first-order chi connectivity index (χ1) is 13.2. The molecule has 0 radical (unpaired) electrons. The molecule has 0 spiro atoms. The highest BCUT2D eigenvalue weighted by atomic mass is 16.5. The summed E-state index contributed by atoms with van der Waals surface area (Å²) in [5.41, 5.74) is 1.85. The fourth-order valence-corrected chi connectivity index (χ4v) is 3.20. The molecule has 4 rings (SSSR count).